The van der Waals surface area contributed by atoms with Crippen molar-refractivity contribution in [3.05, 3.63) is 0 Å². The van der Waals surface area contributed by atoms with Crippen molar-refractivity contribution in [2.24, 2.45) is 11.1 Å². The van der Waals surface area contributed by atoms with Gasteiger partial charge in [-0.1, -0.05) is 32.6 Å². The van der Waals surface area contributed by atoms with Gasteiger partial charge >= 0.3 is 0 Å². The standard InChI is InChI=1S/C16H30N2O/c1-3-7-15(2,17)14(19)18-12-10-16(11-13-18)8-5-4-6-9-16/h3-13,17H2,1-2H3. The van der Waals surface area contributed by atoms with Crippen LogP contribution in [0.1, 0.15) is 71.6 Å². The number of piperidine rings is 1. The normalized spacial score (nSPS) is 26.2. The summed E-state index contributed by atoms with van der Waals surface area (Å²) in [4.78, 5) is 14.5. The van der Waals surface area contributed by atoms with E-state index in [2.05, 4.69) is 6.92 Å². The first-order chi connectivity index (χ1) is 8.99. The predicted octanol–water partition coefficient (Wildman–Crippen LogP) is 3.08. The molecule has 1 unspecified atom stereocenters. The first-order valence-electron chi connectivity index (χ1n) is 8.07. The second-order valence-electron chi connectivity index (χ2n) is 7.02. The molecule has 0 radical (unpaired) electrons. The zero-order chi connectivity index (χ0) is 13.9. The molecule has 1 heterocycles. The van der Waals surface area contributed by atoms with Crippen molar-refractivity contribution in [2.75, 3.05) is 13.1 Å². The lowest BCUT2D eigenvalue weighted by molar-refractivity contribution is -0.139. The summed E-state index contributed by atoms with van der Waals surface area (Å²) in [5, 5.41) is 0. The van der Waals surface area contributed by atoms with Crippen LogP contribution in [0.5, 0.6) is 0 Å². The van der Waals surface area contributed by atoms with Crippen LogP contribution in [0.3, 0.4) is 0 Å². The number of carbonyl (C=O) groups is 1. The molecule has 2 fully saturated rings. The third-order valence-electron chi connectivity index (χ3n) is 5.28. The number of likely N-dealkylation sites (tertiary alicyclic amines) is 1. The molecule has 19 heavy (non-hydrogen) atoms. The van der Waals surface area contributed by atoms with Crippen molar-refractivity contribution in [1.29, 1.82) is 0 Å². The van der Waals surface area contributed by atoms with Crippen molar-refractivity contribution in [2.45, 2.75) is 77.2 Å². The van der Waals surface area contributed by atoms with Crippen LogP contribution in [-0.4, -0.2) is 29.4 Å². The molecule has 1 saturated heterocycles. The molecule has 1 spiro atoms. The van der Waals surface area contributed by atoms with Gasteiger partial charge in [0, 0.05) is 13.1 Å². The van der Waals surface area contributed by atoms with E-state index in [0.717, 1.165) is 25.9 Å². The Morgan fingerprint density at radius 2 is 1.74 bits per heavy atom. The van der Waals surface area contributed by atoms with E-state index in [-0.39, 0.29) is 5.91 Å². The van der Waals surface area contributed by atoms with E-state index in [1.54, 1.807) is 0 Å². The molecule has 0 aromatic carbocycles. The number of amides is 1. The number of hydrogen-bond donors (Lipinski definition) is 1. The van der Waals surface area contributed by atoms with Gasteiger partial charge in [0.05, 0.1) is 5.54 Å². The van der Waals surface area contributed by atoms with Crippen LogP contribution in [0.25, 0.3) is 0 Å². The van der Waals surface area contributed by atoms with E-state index < -0.39 is 5.54 Å². The Labute approximate surface area is 117 Å². The fraction of sp³-hybridized carbons (Fsp3) is 0.938. The maximum atomic E-state index is 12.5. The lowest BCUT2D eigenvalue weighted by atomic mass is 9.68. The number of rotatable bonds is 3. The summed E-state index contributed by atoms with van der Waals surface area (Å²) < 4.78 is 0. The van der Waals surface area contributed by atoms with Crippen molar-refractivity contribution >= 4 is 5.91 Å². The van der Waals surface area contributed by atoms with Gasteiger partial charge in [-0.05, 0) is 44.4 Å². The van der Waals surface area contributed by atoms with E-state index in [4.69, 9.17) is 5.73 Å². The first-order valence-corrected chi connectivity index (χ1v) is 8.07. The van der Waals surface area contributed by atoms with Crippen molar-refractivity contribution in [3.63, 3.8) is 0 Å². The zero-order valence-electron chi connectivity index (χ0n) is 12.7. The molecule has 0 aromatic heterocycles. The largest absolute Gasteiger partial charge is 0.341 e. The van der Waals surface area contributed by atoms with Gasteiger partial charge in [0.15, 0.2) is 0 Å². The molecule has 0 bridgehead atoms. The summed E-state index contributed by atoms with van der Waals surface area (Å²) in [6, 6.07) is 0. The van der Waals surface area contributed by atoms with Crippen LogP contribution in [-0.2, 0) is 4.79 Å². The molecule has 2 aliphatic rings. The average molecular weight is 266 g/mol. The van der Waals surface area contributed by atoms with Gasteiger partial charge in [-0.2, -0.15) is 0 Å². The fourth-order valence-corrected chi connectivity index (χ4v) is 3.97. The first kappa shape index (κ1) is 14.8. The van der Waals surface area contributed by atoms with Crippen molar-refractivity contribution in [3.8, 4) is 0 Å². The van der Waals surface area contributed by atoms with Crippen LogP contribution >= 0.6 is 0 Å². The smallest absolute Gasteiger partial charge is 0.242 e. The zero-order valence-corrected chi connectivity index (χ0v) is 12.7. The summed E-state index contributed by atoms with van der Waals surface area (Å²) in [7, 11) is 0. The molecule has 1 aliphatic carbocycles. The van der Waals surface area contributed by atoms with E-state index in [1.165, 1.54) is 44.9 Å². The van der Waals surface area contributed by atoms with Crippen LogP contribution in [0.2, 0.25) is 0 Å². The molecule has 2 rings (SSSR count). The number of nitrogens with two attached hydrogens (primary N) is 1. The highest BCUT2D eigenvalue weighted by molar-refractivity contribution is 5.85. The molecule has 110 valence electrons. The van der Waals surface area contributed by atoms with Gasteiger partial charge in [0.2, 0.25) is 5.91 Å². The van der Waals surface area contributed by atoms with E-state index in [0.29, 0.717) is 5.41 Å². The highest BCUT2D eigenvalue weighted by atomic mass is 16.2. The maximum absolute atomic E-state index is 12.5. The lowest BCUT2D eigenvalue weighted by Crippen LogP contribution is -2.56. The highest BCUT2D eigenvalue weighted by Gasteiger charge is 2.39. The third-order valence-corrected chi connectivity index (χ3v) is 5.28. The molecular weight excluding hydrogens is 236 g/mol. The Morgan fingerprint density at radius 1 is 1.16 bits per heavy atom. The van der Waals surface area contributed by atoms with E-state index in [1.807, 2.05) is 11.8 Å². The molecular formula is C16H30N2O. The Balaban J connectivity index is 1.90. The Bertz CT molecular complexity index is 309. The molecule has 0 aromatic rings. The summed E-state index contributed by atoms with van der Waals surface area (Å²) in [6.45, 7) is 5.83. The van der Waals surface area contributed by atoms with Gasteiger partial charge < -0.3 is 10.6 Å². The monoisotopic (exact) mass is 266 g/mol. The highest BCUT2D eigenvalue weighted by Crippen LogP contribution is 2.44. The van der Waals surface area contributed by atoms with Gasteiger partial charge in [-0.15, -0.1) is 0 Å². The van der Waals surface area contributed by atoms with Crippen LogP contribution in [0.15, 0.2) is 0 Å². The minimum Gasteiger partial charge on any atom is -0.341 e. The SMILES string of the molecule is CCCC(C)(N)C(=O)N1CCC2(CCCCC2)CC1. The molecule has 3 heteroatoms. The quantitative estimate of drug-likeness (QED) is 0.853. The van der Waals surface area contributed by atoms with E-state index >= 15 is 0 Å². The minimum absolute atomic E-state index is 0.167. The third kappa shape index (κ3) is 3.31. The summed E-state index contributed by atoms with van der Waals surface area (Å²) >= 11 is 0. The Hall–Kier alpha value is -0.570. The molecule has 1 aliphatic heterocycles. The summed E-state index contributed by atoms with van der Waals surface area (Å²) in [6.07, 6.45) is 11.1. The topological polar surface area (TPSA) is 46.3 Å². The number of hydrogen-bond acceptors (Lipinski definition) is 2. The minimum atomic E-state index is -0.661. The van der Waals surface area contributed by atoms with Crippen LogP contribution < -0.4 is 5.73 Å². The summed E-state index contributed by atoms with van der Waals surface area (Å²) in [5.74, 6) is 0.167. The van der Waals surface area contributed by atoms with Gasteiger partial charge in [0.1, 0.15) is 0 Å². The molecule has 1 amide bonds. The van der Waals surface area contributed by atoms with Gasteiger partial charge in [0.25, 0.3) is 0 Å². The fourth-order valence-electron chi connectivity index (χ4n) is 3.97. The second-order valence-corrected chi connectivity index (χ2v) is 7.02. The van der Waals surface area contributed by atoms with E-state index in [9.17, 15) is 4.79 Å². The number of carbonyl (C=O) groups excluding carboxylic acids is 1. The average Bonchev–Trinajstić information content (AvgIpc) is 2.40. The molecule has 1 atom stereocenters. The van der Waals surface area contributed by atoms with Crippen LogP contribution in [0.4, 0.5) is 0 Å². The molecule has 2 N–H and O–H groups in total. The van der Waals surface area contributed by atoms with Gasteiger partial charge in [-0.25, -0.2) is 0 Å². The Morgan fingerprint density at radius 3 is 2.26 bits per heavy atom. The lowest BCUT2D eigenvalue weighted by Gasteiger charge is -2.45. The Kier molecular flexibility index (Phi) is 4.54. The van der Waals surface area contributed by atoms with Crippen LogP contribution in [0, 0.1) is 5.41 Å². The second kappa shape index (κ2) is 5.82. The maximum Gasteiger partial charge on any atom is 0.242 e. The molecule has 1 saturated carbocycles. The van der Waals surface area contributed by atoms with Crippen molar-refractivity contribution in [1.82, 2.24) is 4.90 Å². The van der Waals surface area contributed by atoms with Gasteiger partial charge in [-0.3, -0.25) is 4.79 Å². The molecule has 3 nitrogen and oxygen atoms in total. The van der Waals surface area contributed by atoms with Crippen molar-refractivity contribution < 1.29 is 4.79 Å². The predicted molar refractivity (Wildman–Crippen MR) is 78.8 cm³/mol. The summed E-state index contributed by atoms with van der Waals surface area (Å²) in [5.41, 5.74) is 6.08. The number of nitrogens with zero attached hydrogens (tertiary/aromatic N) is 1.